The Morgan fingerprint density at radius 2 is 1.53 bits per heavy atom. The molecule has 1 aromatic carbocycles. The Hall–Kier alpha value is -3.07. The highest BCUT2D eigenvalue weighted by Crippen LogP contribution is 2.35. The molecular weight excluding hydrogens is 434 g/mol. The highest BCUT2D eigenvalue weighted by molar-refractivity contribution is 7.18. The van der Waals surface area contributed by atoms with Crippen LogP contribution >= 0.6 is 11.3 Å². The van der Waals surface area contributed by atoms with E-state index >= 15 is 0 Å². The van der Waals surface area contributed by atoms with Crippen LogP contribution in [0.15, 0.2) is 18.2 Å². The topological polar surface area (TPSA) is 100 Å². The average Bonchev–Trinajstić information content (AvgIpc) is 3.02. The Bertz CT molecular complexity index is 994. The lowest BCUT2D eigenvalue weighted by Crippen LogP contribution is -2.18. The normalized spacial score (nSPS) is 10.8. The van der Waals surface area contributed by atoms with Gasteiger partial charge in [0.05, 0.1) is 38.4 Å². The van der Waals surface area contributed by atoms with Gasteiger partial charge >= 0.3 is 11.9 Å². The van der Waals surface area contributed by atoms with Gasteiger partial charge in [-0.05, 0) is 57.9 Å². The van der Waals surface area contributed by atoms with E-state index in [1.807, 2.05) is 0 Å². The number of amides is 1. The van der Waals surface area contributed by atoms with Crippen molar-refractivity contribution >= 4 is 34.2 Å². The van der Waals surface area contributed by atoms with E-state index in [0.29, 0.717) is 22.6 Å². The smallest absolute Gasteiger partial charge is 0.348 e. The van der Waals surface area contributed by atoms with Crippen LogP contribution in [0.25, 0.3) is 0 Å². The zero-order chi connectivity index (χ0) is 24.0. The summed E-state index contributed by atoms with van der Waals surface area (Å²) in [5.74, 6) is -0.469. The predicted molar refractivity (Wildman–Crippen MR) is 122 cm³/mol. The molecule has 0 aliphatic heterocycles. The first-order chi connectivity index (χ1) is 15.1. The molecule has 0 atom stereocenters. The molecule has 0 radical (unpaired) electrons. The lowest BCUT2D eigenvalue weighted by Gasteiger charge is -2.11. The molecule has 1 heterocycles. The maximum atomic E-state index is 12.8. The van der Waals surface area contributed by atoms with Crippen LogP contribution in [0.1, 0.15) is 58.9 Å². The van der Waals surface area contributed by atoms with Gasteiger partial charge in [-0.2, -0.15) is 0 Å². The van der Waals surface area contributed by atoms with Gasteiger partial charge in [0.15, 0.2) is 11.5 Å². The summed E-state index contributed by atoms with van der Waals surface area (Å²) in [5, 5.41) is 2.99. The van der Waals surface area contributed by atoms with Crippen molar-refractivity contribution < 1.29 is 33.3 Å². The minimum Gasteiger partial charge on any atom is -0.493 e. The molecule has 0 aliphatic rings. The molecule has 8 nitrogen and oxygen atoms in total. The number of methoxy groups -OCH3 is 2. The first-order valence-electron chi connectivity index (χ1n) is 10.1. The monoisotopic (exact) mass is 463 g/mol. The average molecular weight is 464 g/mol. The molecule has 9 heteroatoms. The summed E-state index contributed by atoms with van der Waals surface area (Å²) in [4.78, 5) is 38.2. The van der Waals surface area contributed by atoms with Gasteiger partial charge in [-0.25, -0.2) is 9.59 Å². The van der Waals surface area contributed by atoms with E-state index in [4.69, 9.17) is 18.9 Å². The van der Waals surface area contributed by atoms with E-state index in [1.54, 1.807) is 52.8 Å². The van der Waals surface area contributed by atoms with E-state index in [1.165, 1.54) is 14.2 Å². The number of carbonyl (C=O) groups is 3. The third-order valence-corrected chi connectivity index (χ3v) is 5.47. The predicted octanol–water partition coefficient (Wildman–Crippen LogP) is 4.39. The number of esters is 2. The van der Waals surface area contributed by atoms with Gasteiger partial charge in [-0.3, -0.25) is 4.79 Å². The van der Waals surface area contributed by atoms with Gasteiger partial charge in [0.25, 0.3) is 0 Å². The maximum absolute atomic E-state index is 12.8. The van der Waals surface area contributed by atoms with Gasteiger partial charge in [0, 0.05) is 0 Å². The number of ether oxygens (including phenoxy) is 4. The molecule has 0 saturated heterocycles. The Morgan fingerprint density at radius 3 is 2.09 bits per heavy atom. The molecule has 0 aliphatic carbocycles. The third kappa shape index (κ3) is 6.23. The number of benzene rings is 1. The van der Waals surface area contributed by atoms with Crippen molar-refractivity contribution in [2.24, 2.45) is 0 Å². The lowest BCUT2D eigenvalue weighted by atomic mass is 10.1. The van der Waals surface area contributed by atoms with E-state index < -0.39 is 11.9 Å². The lowest BCUT2D eigenvalue weighted by molar-refractivity contribution is -0.115. The molecular formula is C23H29NO7S. The zero-order valence-electron chi connectivity index (χ0n) is 19.4. The number of anilines is 1. The van der Waals surface area contributed by atoms with Gasteiger partial charge in [0.1, 0.15) is 9.88 Å². The van der Waals surface area contributed by atoms with Crippen molar-refractivity contribution in [2.75, 3.05) is 19.5 Å². The molecule has 32 heavy (non-hydrogen) atoms. The van der Waals surface area contributed by atoms with Crippen LogP contribution in [-0.2, 0) is 20.7 Å². The molecule has 0 spiro atoms. The largest absolute Gasteiger partial charge is 0.493 e. The fourth-order valence-corrected chi connectivity index (χ4v) is 4.02. The molecule has 0 bridgehead atoms. The number of carbonyl (C=O) groups excluding carboxylic acids is 3. The molecule has 1 amide bonds. The Labute approximate surface area is 191 Å². The zero-order valence-corrected chi connectivity index (χ0v) is 20.2. The van der Waals surface area contributed by atoms with E-state index in [2.05, 4.69) is 5.32 Å². The molecule has 174 valence electrons. The summed E-state index contributed by atoms with van der Waals surface area (Å²) < 4.78 is 21.1. The molecule has 0 fully saturated rings. The van der Waals surface area contributed by atoms with Gasteiger partial charge in [0.2, 0.25) is 5.91 Å². The van der Waals surface area contributed by atoms with E-state index in [9.17, 15) is 14.4 Å². The minimum atomic E-state index is -0.612. The second kappa shape index (κ2) is 11.0. The quantitative estimate of drug-likeness (QED) is 0.551. The van der Waals surface area contributed by atoms with Crippen molar-refractivity contribution in [1.29, 1.82) is 0 Å². The van der Waals surface area contributed by atoms with Crippen molar-refractivity contribution in [3.05, 3.63) is 39.8 Å². The highest BCUT2D eigenvalue weighted by Gasteiger charge is 2.28. The summed E-state index contributed by atoms with van der Waals surface area (Å²) in [5.41, 5.74) is 1.26. The first kappa shape index (κ1) is 25.2. The number of thiophene rings is 1. The number of hydrogen-bond acceptors (Lipinski definition) is 8. The van der Waals surface area contributed by atoms with Crippen LogP contribution in [0, 0.1) is 6.92 Å². The van der Waals surface area contributed by atoms with Gasteiger partial charge in [-0.1, -0.05) is 6.07 Å². The van der Waals surface area contributed by atoms with Crippen LogP contribution in [0.2, 0.25) is 0 Å². The Kier molecular flexibility index (Phi) is 8.65. The summed E-state index contributed by atoms with van der Waals surface area (Å²) in [6, 6.07) is 5.17. The third-order valence-electron chi connectivity index (χ3n) is 4.29. The van der Waals surface area contributed by atoms with E-state index in [-0.39, 0.29) is 40.0 Å². The molecule has 1 N–H and O–H groups in total. The molecule has 0 saturated carbocycles. The Balaban J connectivity index is 2.33. The fraction of sp³-hybridized carbons (Fsp3) is 0.435. The first-order valence-corrected chi connectivity index (χ1v) is 10.9. The van der Waals surface area contributed by atoms with Crippen molar-refractivity contribution in [3.63, 3.8) is 0 Å². The number of hydrogen-bond donors (Lipinski definition) is 1. The maximum Gasteiger partial charge on any atom is 0.348 e. The van der Waals surface area contributed by atoms with Crippen molar-refractivity contribution in [3.8, 4) is 11.5 Å². The number of rotatable bonds is 9. The van der Waals surface area contributed by atoms with Crippen LogP contribution in [0.3, 0.4) is 0 Å². The van der Waals surface area contributed by atoms with Gasteiger partial charge in [-0.15, -0.1) is 11.3 Å². The van der Waals surface area contributed by atoms with Crippen LogP contribution in [-0.4, -0.2) is 44.3 Å². The standard InChI is InChI=1S/C23H29NO7S/c1-12(2)30-22(26)19-14(5)20(23(27)31-13(3)4)32-21(19)24-18(25)11-15-8-9-16(28-6)17(10-15)29-7/h8-10,12-13H,11H2,1-7H3,(H,24,25). The molecule has 1 aromatic heterocycles. The SMILES string of the molecule is COc1ccc(CC(=O)Nc2sc(C(=O)OC(C)C)c(C)c2C(=O)OC(C)C)cc1OC. The molecule has 2 rings (SSSR count). The fourth-order valence-electron chi connectivity index (χ4n) is 2.93. The summed E-state index contributed by atoms with van der Waals surface area (Å²) in [7, 11) is 3.05. The molecule has 2 aromatic rings. The van der Waals surface area contributed by atoms with Crippen molar-refractivity contribution in [1.82, 2.24) is 0 Å². The van der Waals surface area contributed by atoms with Gasteiger partial charge < -0.3 is 24.3 Å². The van der Waals surface area contributed by atoms with E-state index in [0.717, 1.165) is 11.3 Å². The summed E-state index contributed by atoms with van der Waals surface area (Å²) in [6.45, 7) is 8.56. The minimum absolute atomic E-state index is 0.0295. The van der Waals surface area contributed by atoms with Crippen LogP contribution < -0.4 is 14.8 Å². The summed E-state index contributed by atoms with van der Waals surface area (Å²) in [6.07, 6.45) is -0.650. The number of nitrogens with one attached hydrogen (secondary N) is 1. The van der Waals surface area contributed by atoms with Crippen LogP contribution in [0.4, 0.5) is 5.00 Å². The highest BCUT2D eigenvalue weighted by atomic mass is 32.1. The Morgan fingerprint density at radius 1 is 0.938 bits per heavy atom. The molecule has 0 unspecified atom stereocenters. The summed E-state index contributed by atoms with van der Waals surface area (Å²) >= 11 is 0.992. The van der Waals surface area contributed by atoms with Crippen LogP contribution in [0.5, 0.6) is 11.5 Å². The second-order valence-electron chi connectivity index (χ2n) is 7.58. The second-order valence-corrected chi connectivity index (χ2v) is 8.60. The van der Waals surface area contributed by atoms with Crippen molar-refractivity contribution in [2.45, 2.75) is 53.2 Å².